The molecule has 0 aliphatic carbocycles. The molecule has 3 rings (SSSR count). The molecule has 0 aliphatic rings. The van der Waals surface area contributed by atoms with E-state index in [4.69, 9.17) is 0 Å². The van der Waals surface area contributed by atoms with Gasteiger partial charge in [-0.25, -0.2) is 19.9 Å². The van der Waals surface area contributed by atoms with Crippen LogP contribution >= 0.6 is 0 Å². The first kappa shape index (κ1) is 15.1. The van der Waals surface area contributed by atoms with Crippen molar-refractivity contribution in [2.24, 2.45) is 0 Å². The zero-order chi connectivity index (χ0) is 16.3. The molecule has 0 saturated carbocycles. The quantitative estimate of drug-likeness (QED) is 0.796. The van der Waals surface area contributed by atoms with E-state index in [1.165, 1.54) is 18.7 Å². The number of alkyl halides is 3. The molecule has 3 heterocycles. The highest BCUT2D eigenvalue weighted by Crippen LogP contribution is 2.25. The summed E-state index contributed by atoms with van der Waals surface area (Å²) in [6.45, 7) is 0.456. The summed E-state index contributed by atoms with van der Waals surface area (Å²) in [5, 5.41) is 3.09. The van der Waals surface area contributed by atoms with Crippen molar-refractivity contribution in [1.82, 2.24) is 24.9 Å². The predicted molar refractivity (Wildman–Crippen MR) is 76.6 cm³/mol. The number of fused-ring (bicyclic) bond motifs is 1. The van der Waals surface area contributed by atoms with Crippen LogP contribution in [0.1, 0.15) is 11.4 Å². The van der Waals surface area contributed by atoms with Crippen LogP contribution in [-0.2, 0) is 12.6 Å². The molecule has 0 spiro atoms. The van der Waals surface area contributed by atoms with Gasteiger partial charge < -0.3 is 5.32 Å². The van der Waals surface area contributed by atoms with Gasteiger partial charge in [-0.05, 0) is 24.1 Å². The van der Waals surface area contributed by atoms with E-state index in [1.54, 1.807) is 12.3 Å². The molecule has 0 amide bonds. The molecule has 0 bridgehead atoms. The topological polar surface area (TPSA) is 76.5 Å². The van der Waals surface area contributed by atoms with Crippen molar-refractivity contribution in [3.05, 3.63) is 48.4 Å². The average molecular weight is 320 g/mol. The molecule has 0 aromatic carbocycles. The van der Waals surface area contributed by atoms with Gasteiger partial charge >= 0.3 is 6.18 Å². The Kier molecular flexibility index (Phi) is 4.00. The van der Waals surface area contributed by atoms with Gasteiger partial charge in [0.2, 0.25) is 5.82 Å². The first-order valence-electron chi connectivity index (χ1n) is 6.72. The van der Waals surface area contributed by atoms with Crippen molar-refractivity contribution in [1.29, 1.82) is 0 Å². The van der Waals surface area contributed by atoms with Crippen molar-refractivity contribution < 1.29 is 13.2 Å². The second-order valence-electron chi connectivity index (χ2n) is 4.68. The molecular formula is C14H11F3N6. The van der Waals surface area contributed by atoms with E-state index < -0.39 is 12.0 Å². The monoisotopic (exact) mass is 320 g/mol. The Morgan fingerprint density at radius 2 is 1.78 bits per heavy atom. The first-order valence-corrected chi connectivity index (χ1v) is 6.72. The highest BCUT2D eigenvalue weighted by Gasteiger charge is 2.34. The second kappa shape index (κ2) is 6.11. The molecule has 118 valence electrons. The third-order valence-corrected chi connectivity index (χ3v) is 3.06. The lowest BCUT2D eigenvalue weighted by Gasteiger charge is -2.08. The smallest absolute Gasteiger partial charge is 0.368 e. The third kappa shape index (κ3) is 3.50. The lowest BCUT2D eigenvalue weighted by atomic mass is 10.2. The Balaban J connectivity index is 1.65. The van der Waals surface area contributed by atoms with Gasteiger partial charge in [0.05, 0.1) is 5.52 Å². The fourth-order valence-electron chi connectivity index (χ4n) is 1.98. The summed E-state index contributed by atoms with van der Waals surface area (Å²) in [4.78, 5) is 19.1. The lowest BCUT2D eigenvalue weighted by Crippen LogP contribution is -2.12. The van der Waals surface area contributed by atoms with E-state index in [1.807, 2.05) is 6.07 Å². The van der Waals surface area contributed by atoms with Crippen LogP contribution in [0.25, 0.3) is 11.0 Å². The predicted octanol–water partition coefficient (Wildman–Crippen LogP) is 2.49. The summed E-state index contributed by atoms with van der Waals surface area (Å²) in [5.41, 5.74) is 1.94. The molecule has 0 aliphatic heterocycles. The van der Waals surface area contributed by atoms with Crippen molar-refractivity contribution >= 4 is 16.9 Å². The zero-order valence-corrected chi connectivity index (χ0v) is 11.7. The minimum atomic E-state index is -4.53. The molecular weight excluding hydrogens is 309 g/mol. The average Bonchev–Trinajstić information content (AvgIpc) is 2.55. The number of aromatic nitrogens is 5. The van der Waals surface area contributed by atoms with Gasteiger partial charge in [-0.1, -0.05) is 0 Å². The summed E-state index contributed by atoms with van der Waals surface area (Å²) in [5.74, 6) is -0.566. The Hall–Kier alpha value is -2.84. The number of halogens is 3. The summed E-state index contributed by atoms with van der Waals surface area (Å²) < 4.78 is 37.1. The minimum Gasteiger partial charge on any atom is -0.368 e. The Bertz CT molecular complexity index is 798. The van der Waals surface area contributed by atoms with Crippen LogP contribution in [0.4, 0.5) is 19.0 Å². The largest absolute Gasteiger partial charge is 0.451 e. The summed E-state index contributed by atoms with van der Waals surface area (Å²) in [6, 6.07) is 3.59. The van der Waals surface area contributed by atoms with Gasteiger partial charge in [0.25, 0.3) is 0 Å². The van der Waals surface area contributed by atoms with Crippen molar-refractivity contribution in [3.63, 3.8) is 0 Å². The molecule has 0 unspecified atom stereocenters. The number of hydrogen-bond acceptors (Lipinski definition) is 6. The fraction of sp³-hybridized carbons (Fsp3) is 0.214. The highest BCUT2D eigenvalue weighted by atomic mass is 19.4. The van der Waals surface area contributed by atoms with Crippen molar-refractivity contribution in [3.8, 4) is 0 Å². The molecule has 3 aromatic rings. The number of anilines is 1. The van der Waals surface area contributed by atoms with E-state index in [0.717, 1.165) is 0 Å². The van der Waals surface area contributed by atoms with Crippen LogP contribution in [0.15, 0.2) is 37.1 Å². The SMILES string of the molecule is FC(F)(F)c1ncc(CCNc2ncnc3cccnc23)cn1. The molecule has 0 atom stereocenters. The number of hydrogen-bond donors (Lipinski definition) is 1. The molecule has 0 fully saturated rings. The van der Waals surface area contributed by atoms with Crippen LogP contribution in [0.3, 0.4) is 0 Å². The zero-order valence-electron chi connectivity index (χ0n) is 11.7. The molecule has 1 N–H and O–H groups in total. The maximum Gasteiger partial charge on any atom is 0.451 e. The highest BCUT2D eigenvalue weighted by molar-refractivity contribution is 5.84. The van der Waals surface area contributed by atoms with E-state index in [0.29, 0.717) is 35.4 Å². The number of nitrogens with zero attached hydrogens (tertiary/aromatic N) is 5. The Morgan fingerprint density at radius 3 is 2.52 bits per heavy atom. The van der Waals surface area contributed by atoms with Crippen LogP contribution in [0.5, 0.6) is 0 Å². The van der Waals surface area contributed by atoms with Gasteiger partial charge in [0.15, 0.2) is 5.82 Å². The summed E-state index contributed by atoms with van der Waals surface area (Å²) in [7, 11) is 0. The lowest BCUT2D eigenvalue weighted by molar-refractivity contribution is -0.145. The van der Waals surface area contributed by atoms with Gasteiger partial charge in [-0.3, -0.25) is 4.98 Å². The first-order chi connectivity index (χ1) is 11.0. The van der Waals surface area contributed by atoms with Gasteiger partial charge in [0, 0.05) is 25.1 Å². The molecule has 0 saturated heterocycles. The molecule has 23 heavy (non-hydrogen) atoms. The maximum absolute atomic E-state index is 12.4. The van der Waals surface area contributed by atoms with Crippen LogP contribution in [0, 0.1) is 0 Å². The Labute approximate surface area is 128 Å². The van der Waals surface area contributed by atoms with Crippen LogP contribution in [-0.4, -0.2) is 31.5 Å². The molecule has 3 aromatic heterocycles. The number of nitrogens with one attached hydrogen (secondary N) is 1. The number of pyridine rings is 1. The van der Waals surface area contributed by atoms with E-state index in [9.17, 15) is 13.2 Å². The minimum absolute atomic E-state index is 0.455. The standard InChI is InChI=1S/C14H11F3N6/c15-14(16,17)13-20-6-9(7-21-13)3-5-19-12-11-10(22-8-23-12)2-1-4-18-11/h1-2,4,6-8H,3,5H2,(H,19,22,23). The summed E-state index contributed by atoms with van der Waals surface area (Å²) >= 11 is 0. The van der Waals surface area contributed by atoms with Crippen LogP contribution < -0.4 is 5.32 Å². The number of rotatable bonds is 4. The molecule has 0 radical (unpaired) electrons. The fourth-order valence-corrected chi connectivity index (χ4v) is 1.98. The second-order valence-corrected chi connectivity index (χ2v) is 4.68. The summed E-state index contributed by atoms with van der Waals surface area (Å²) in [6.07, 6.45) is 1.34. The van der Waals surface area contributed by atoms with E-state index in [2.05, 4.69) is 30.2 Å². The molecule has 6 nitrogen and oxygen atoms in total. The van der Waals surface area contributed by atoms with E-state index >= 15 is 0 Å². The molecule has 9 heteroatoms. The van der Waals surface area contributed by atoms with Gasteiger partial charge in [-0.2, -0.15) is 13.2 Å². The van der Waals surface area contributed by atoms with E-state index in [-0.39, 0.29) is 0 Å². The van der Waals surface area contributed by atoms with Gasteiger partial charge in [-0.15, -0.1) is 0 Å². The van der Waals surface area contributed by atoms with Crippen molar-refractivity contribution in [2.45, 2.75) is 12.6 Å². The Morgan fingerprint density at radius 1 is 1.00 bits per heavy atom. The normalized spacial score (nSPS) is 11.6. The van der Waals surface area contributed by atoms with Crippen molar-refractivity contribution in [2.75, 3.05) is 11.9 Å². The maximum atomic E-state index is 12.4. The van der Waals surface area contributed by atoms with Crippen LogP contribution in [0.2, 0.25) is 0 Å². The third-order valence-electron chi connectivity index (χ3n) is 3.06. The van der Waals surface area contributed by atoms with Gasteiger partial charge in [0.1, 0.15) is 11.8 Å².